The molecular formula is C13H9BrFN3O2. The van der Waals surface area contributed by atoms with E-state index in [2.05, 4.69) is 31.8 Å². The number of pyridine rings is 1. The minimum atomic E-state index is -0.561. The third-order valence-corrected chi connectivity index (χ3v) is 3.05. The van der Waals surface area contributed by atoms with Crippen molar-refractivity contribution in [3.8, 4) is 0 Å². The summed E-state index contributed by atoms with van der Waals surface area (Å²) >= 11 is 3.08. The maximum Gasteiger partial charge on any atom is 0.271 e. The Hall–Kier alpha value is -2.28. The van der Waals surface area contributed by atoms with Gasteiger partial charge in [-0.3, -0.25) is 25.4 Å². The van der Waals surface area contributed by atoms with Gasteiger partial charge in [-0.05, 0) is 46.3 Å². The molecule has 102 valence electrons. The van der Waals surface area contributed by atoms with E-state index in [4.69, 9.17) is 0 Å². The van der Waals surface area contributed by atoms with Crippen LogP contribution in [-0.2, 0) is 0 Å². The van der Waals surface area contributed by atoms with E-state index >= 15 is 0 Å². The molecule has 0 saturated heterocycles. The average molecular weight is 338 g/mol. The zero-order chi connectivity index (χ0) is 14.5. The zero-order valence-corrected chi connectivity index (χ0v) is 11.6. The van der Waals surface area contributed by atoms with Crippen molar-refractivity contribution in [3.05, 3.63) is 64.1 Å². The Labute approximate surface area is 122 Å². The molecule has 0 bridgehead atoms. The van der Waals surface area contributed by atoms with Gasteiger partial charge in [0.1, 0.15) is 5.82 Å². The van der Waals surface area contributed by atoms with Crippen molar-refractivity contribution >= 4 is 27.7 Å². The van der Waals surface area contributed by atoms with Crippen LogP contribution in [-0.4, -0.2) is 16.8 Å². The van der Waals surface area contributed by atoms with Crippen LogP contribution in [0.25, 0.3) is 0 Å². The topological polar surface area (TPSA) is 71.1 Å². The van der Waals surface area contributed by atoms with E-state index in [1.165, 1.54) is 18.5 Å². The van der Waals surface area contributed by atoms with Crippen LogP contribution in [0.15, 0.2) is 47.2 Å². The number of amides is 2. The summed E-state index contributed by atoms with van der Waals surface area (Å²) in [6, 6.07) is 6.79. The summed E-state index contributed by atoms with van der Waals surface area (Å²) in [4.78, 5) is 27.3. The quantitative estimate of drug-likeness (QED) is 0.824. The van der Waals surface area contributed by atoms with Crippen LogP contribution in [0.2, 0.25) is 0 Å². The Morgan fingerprint density at radius 1 is 1.15 bits per heavy atom. The fourth-order valence-electron chi connectivity index (χ4n) is 1.42. The molecule has 2 rings (SSSR count). The highest BCUT2D eigenvalue weighted by Crippen LogP contribution is 2.17. The van der Waals surface area contributed by atoms with Gasteiger partial charge >= 0.3 is 0 Å². The minimum Gasteiger partial charge on any atom is -0.267 e. The van der Waals surface area contributed by atoms with E-state index in [0.29, 0.717) is 10.0 Å². The Balaban J connectivity index is 2.00. The molecule has 0 fully saturated rings. The number of carbonyl (C=O) groups excluding carboxylic acids is 2. The maximum absolute atomic E-state index is 12.9. The SMILES string of the molecule is O=C(NNC(=O)c1ccc(F)cc1Br)c1cccnc1. The van der Waals surface area contributed by atoms with Crippen LogP contribution in [0.4, 0.5) is 4.39 Å². The summed E-state index contributed by atoms with van der Waals surface area (Å²) < 4.78 is 13.2. The number of nitrogens with one attached hydrogen (secondary N) is 2. The summed E-state index contributed by atoms with van der Waals surface area (Å²) in [6.07, 6.45) is 2.90. The average Bonchev–Trinajstić information content (AvgIpc) is 2.45. The van der Waals surface area contributed by atoms with E-state index in [-0.39, 0.29) is 5.56 Å². The van der Waals surface area contributed by atoms with E-state index in [0.717, 1.165) is 12.1 Å². The third-order valence-electron chi connectivity index (χ3n) is 2.39. The summed E-state index contributed by atoms with van der Waals surface area (Å²) in [6.45, 7) is 0. The van der Waals surface area contributed by atoms with Crippen LogP contribution in [0.1, 0.15) is 20.7 Å². The number of hydrogen-bond donors (Lipinski definition) is 2. The molecule has 0 aliphatic heterocycles. The molecule has 2 amide bonds. The molecule has 2 aromatic rings. The molecular weight excluding hydrogens is 329 g/mol. The predicted molar refractivity (Wildman–Crippen MR) is 73.3 cm³/mol. The Morgan fingerprint density at radius 3 is 2.55 bits per heavy atom. The summed E-state index contributed by atoms with van der Waals surface area (Å²) in [5.41, 5.74) is 5.00. The molecule has 2 N–H and O–H groups in total. The number of rotatable bonds is 2. The van der Waals surface area contributed by atoms with Gasteiger partial charge in [0, 0.05) is 16.9 Å². The molecule has 0 unspecified atom stereocenters. The summed E-state index contributed by atoms with van der Waals surface area (Å²) in [5.74, 6) is -1.52. The molecule has 1 aromatic carbocycles. The van der Waals surface area contributed by atoms with Crippen molar-refractivity contribution in [2.45, 2.75) is 0 Å². The number of aromatic nitrogens is 1. The second kappa shape index (κ2) is 6.25. The largest absolute Gasteiger partial charge is 0.271 e. The monoisotopic (exact) mass is 337 g/mol. The van der Waals surface area contributed by atoms with Crippen molar-refractivity contribution in [3.63, 3.8) is 0 Å². The van der Waals surface area contributed by atoms with E-state index in [1.807, 2.05) is 0 Å². The van der Waals surface area contributed by atoms with Crippen molar-refractivity contribution in [1.29, 1.82) is 0 Å². The second-order valence-corrected chi connectivity index (χ2v) is 4.63. The molecule has 7 heteroatoms. The molecule has 1 aromatic heterocycles. The van der Waals surface area contributed by atoms with Gasteiger partial charge in [0.25, 0.3) is 11.8 Å². The first-order chi connectivity index (χ1) is 9.58. The van der Waals surface area contributed by atoms with Crippen molar-refractivity contribution in [1.82, 2.24) is 15.8 Å². The van der Waals surface area contributed by atoms with Gasteiger partial charge in [-0.2, -0.15) is 0 Å². The Morgan fingerprint density at radius 2 is 1.90 bits per heavy atom. The molecule has 20 heavy (non-hydrogen) atoms. The zero-order valence-electron chi connectivity index (χ0n) is 10.1. The van der Waals surface area contributed by atoms with E-state index in [9.17, 15) is 14.0 Å². The van der Waals surface area contributed by atoms with Gasteiger partial charge in [0.2, 0.25) is 0 Å². The number of carbonyl (C=O) groups is 2. The van der Waals surface area contributed by atoms with Crippen molar-refractivity contribution in [2.24, 2.45) is 0 Å². The van der Waals surface area contributed by atoms with E-state index in [1.54, 1.807) is 12.1 Å². The fourth-order valence-corrected chi connectivity index (χ4v) is 1.95. The Bertz CT molecular complexity index is 649. The maximum atomic E-state index is 12.9. The first kappa shape index (κ1) is 14.1. The van der Waals surface area contributed by atoms with Crippen LogP contribution >= 0.6 is 15.9 Å². The molecule has 0 aliphatic carbocycles. The number of hydrazine groups is 1. The number of nitrogens with zero attached hydrogens (tertiary/aromatic N) is 1. The van der Waals surface area contributed by atoms with E-state index < -0.39 is 17.6 Å². The van der Waals surface area contributed by atoms with Gasteiger partial charge in [-0.1, -0.05) is 0 Å². The lowest BCUT2D eigenvalue weighted by Gasteiger charge is -2.08. The molecule has 0 saturated carbocycles. The predicted octanol–water partition coefficient (Wildman–Crippen LogP) is 2.06. The number of hydrogen-bond acceptors (Lipinski definition) is 3. The normalized spacial score (nSPS) is 9.90. The molecule has 0 atom stereocenters. The molecule has 1 heterocycles. The second-order valence-electron chi connectivity index (χ2n) is 3.77. The number of benzene rings is 1. The molecule has 0 spiro atoms. The van der Waals surface area contributed by atoms with Crippen LogP contribution in [0.3, 0.4) is 0 Å². The molecule has 0 radical (unpaired) electrons. The highest BCUT2D eigenvalue weighted by Gasteiger charge is 2.12. The number of halogens is 2. The lowest BCUT2D eigenvalue weighted by molar-refractivity contribution is 0.0846. The smallest absolute Gasteiger partial charge is 0.267 e. The fraction of sp³-hybridized carbons (Fsp3) is 0. The van der Waals surface area contributed by atoms with Gasteiger partial charge in [0.05, 0.1) is 11.1 Å². The molecule has 5 nitrogen and oxygen atoms in total. The minimum absolute atomic E-state index is 0.206. The van der Waals surface area contributed by atoms with Gasteiger partial charge in [0.15, 0.2) is 0 Å². The summed E-state index contributed by atoms with van der Waals surface area (Å²) in [7, 11) is 0. The van der Waals surface area contributed by atoms with Crippen molar-refractivity contribution in [2.75, 3.05) is 0 Å². The third kappa shape index (κ3) is 3.39. The van der Waals surface area contributed by atoms with Crippen LogP contribution in [0, 0.1) is 5.82 Å². The van der Waals surface area contributed by atoms with Gasteiger partial charge in [-0.25, -0.2) is 4.39 Å². The molecule has 0 aliphatic rings. The van der Waals surface area contributed by atoms with Crippen LogP contribution in [0.5, 0.6) is 0 Å². The van der Waals surface area contributed by atoms with Gasteiger partial charge in [-0.15, -0.1) is 0 Å². The van der Waals surface area contributed by atoms with Crippen molar-refractivity contribution < 1.29 is 14.0 Å². The highest BCUT2D eigenvalue weighted by atomic mass is 79.9. The van der Waals surface area contributed by atoms with Gasteiger partial charge < -0.3 is 0 Å². The Kier molecular flexibility index (Phi) is 4.41. The first-order valence-corrected chi connectivity index (χ1v) is 6.33. The highest BCUT2D eigenvalue weighted by molar-refractivity contribution is 9.10. The van der Waals surface area contributed by atoms with Crippen LogP contribution < -0.4 is 10.9 Å². The standard InChI is InChI=1S/C13H9BrFN3O2/c14-11-6-9(15)3-4-10(11)13(20)18-17-12(19)8-2-1-5-16-7-8/h1-7H,(H,17,19)(H,18,20). The lowest BCUT2D eigenvalue weighted by Crippen LogP contribution is -2.41. The first-order valence-electron chi connectivity index (χ1n) is 5.53. The summed E-state index contributed by atoms with van der Waals surface area (Å²) in [5, 5.41) is 0. The lowest BCUT2D eigenvalue weighted by atomic mass is 10.2.